The molecule has 0 aliphatic heterocycles. The van der Waals surface area contributed by atoms with Crippen LogP contribution < -0.4 is 5.32 Å². The minimum Gasteiger partial charge on any atom is -0.468 e. The topological polar surface area (TPSA) is 81.2 Å². The van der Waals surface area contributed by atoms with Crippen LogP contribution in [0.15, 0.2) is 5.03 Å². The molecular weight excluding hydrogens is 254 g/mol. The van der Waals surface area contributed by atoms with Crippen LogP contribution in [0.25, 0.3) is 0 Å². The normalized spacial score (nSPS) is 10.0. The third kappa shape index (κ3) is 3.43. The van der Waals surface area contributed by atoms with Gasteiger partial charge in [0.1, 0.15) is 17.4 Å². The Balaban J connectivity index is 2.94. The summed E-state index contributed by atoms with van der Waals surface area (Å²) in [5.41, 5.74) is 0.992. The lowest BCUT2D eigenvalue weighted by molar-refractivity contribution is -0.139. The van der Waals surface area contributed by atoms with E-state index in [1.807, 2.05) is 6.26 Å². The first-order valence-corrected chi connectivity index (χ1v) is 6.46. The molecular formula is C11H15N3O3S. The Kier molecular flexibility index (Phi) is 5.08. The maximum Gasteiger partial charge on any atom is 0.325 e. The summed E-state index contributed by atoms with van der Waals surface area (Å²) in [5, 5.41) is 3.08. The first-order chi connectivity index (χ1) is 8.49. The SMILES string of the molecule is COC(=O)CNC(=O)c1c(C)nc(C)nc1SC. The molecule has 1 rings (SSSR count). The van der Waals surface area contributed by atoms with Crippen LogP contribution in [0.5, 0.6) is 0 Å². The van der Waals surface area contributed by atoms with Crippen LogP contribution >= 0.6 is 11.8 Å². The Morgan fingerprint density at radius 1 is 1.33 bits per heavy atom. The van der Waals surface area contributed by atoms with E-state index in [0.29, 0.717) is 22.1 Å². The Morgan fingerprint density at radius 2 is 2.00 bits per heavy atom. The summed E-state index contributed by atoms with van der Waals surface area (Å²) in [7, 11) is 1.27. The van der Waals surface area contributed by atoms with E-state index in [0.717, 1.165) is 0 Å². The quantitative estimate of drug-likeness (QED) is 0.493. The molecule has 98 valence electrons. The number of esters is 1. The van der Waals surface area contributed by atoms with Crippen LogP contribution in [0.2, 0.25) is 0 Å². The fraction of sp³-hybridized carbons (Fsp3) is 0.455. The Hall–Kier alpha value is -1.63. The zero-order chi connectivity index (χ0) is 13.7. The van der Waals surface area contributed by atoms with Crippen LogP contribution in [-0.4, -0.2) is 41.8 Å². The lowest BCUT2D eigenvalue weighted by Crippen LogP contribution is -2.31. The monoisotopic (exact) mass is 269 g/mol. The van der Waals surface area contributed by atoms with E-state index in [1.165, 1.54) is 18.9 Å². The maximum atomic E-state index is 12.0. The van der Waals surface area contributed by atoms with Crippen molar-refractivity contribution >= 4 is 23.6 Å². The van der Waals surface area contributed by atoms with Crippen LogP contribution in [0.1, 0.15) is 21.9 Å². The predicted octanol–water partition coefficient (Wildman–Crippen LogP) is 0.718. The van der Waals surface area contributed by atoms with Crippen LogP contribution in [0.4, 0.5) is 0 Å². The van der Waals surface area contributed by atoms with Crippen molar-refractivity contribution in [2.45, 2.75) is 18.9 Å². The number of ether oxygens (including phenoxy) is 1. The minimum atomic E-state index is -0.500. The van der Waals surface area contributed by atoms with Crippen molar-refractivity contribution in [2.24, 2.45) is 0 Å². The predicted molar refractivity (Wildman–Crippen MR) is 67.6 cm³/mol. The molecule has 1 aromatic heterocycles. The molecule has 0 aliphatic rings. The number of carbonyl (C=O) groups excluding carboxylic acids is 2. The lowest BCUT2D eigenvalue weighted by Gasteiger charge is -2.10. The standard InChI is InChI=1S/C11H15N3O3S/c1-6-9(10(16)12-5-8(15)17-3)11(18-4)14-7(2)13-6/h5H2,1-4H3,(H,12,16). The number of thioether (sulfide) groups is 1. The average Bonchev–Trinajstić information content (AvgIpc) is 2.34. The van der Waals surface area contributed by atoms with Crippen molar-refractivity contribution in [2.75, 3.05) is 19.9 Å². The number of amides is 1. The number of aromatic nitrogens is 2. The number of nitrogens with one attached hydrogen (secondary N) is 1. The average molecular weight is 269 g/mol. The van der Waals surface area contributed by atoms with Gasteiger partial charge in [0.05, 0.1) is 18.4 Å². The molecule has 7 heteroatoms. The van der Waals surface area contributed by atoms with Crippen molar-refractivity contribution in [1.29, 1.82) is 0 Å². The van der Waals surface area contributed by atoms with Crippen molar-refractivity contribution in [1.82, 2.24) is 15.3 Å². The fourth-order valence-corrected chi connectivity index (χ4v) is 2.07. The van der Waals surface area contributed by atoms with Crippen molar-refractivity contribution < 1.29 is 14.3 Å². The van der Waals surface area contributed by atoms with Gasteiger partial charge in [-0.1, -0.05) is 0 Å². The smallest absolute Gasteiger partial charge is 0.325 e. The summed E-state index contributed by atoms with van der Waals surface area (Å²) >= 11 is 1.36. The highest BCUT2D eigenvalue weighted by molar-refractivity contribution is 7.98. The first kappa shape index (κ1) is 14.4. The van der Waals surface area contributed by atoms with Gasteiger partial charge in [-0.05, 0) is 20.1 Å². The molecule has 1 heterocycles. The summed E-state index contributed by atoms with van der Waals surface area (Å²) in [6.45, 7) is 3.33. The summed E-state index contributed by atoms with van der Waals surface area (Å²) in [6.07, 6.45) is 1.83. The zero-order valence-electron chi connectivity index (χ0n) is 10.7. The molecule has 0 saturated carbocycles. The van der Waals surface area contributed by atoms with Gasteiger partial charge >= 0.3 is 5.97 Å². The molecule has 0 unspecified atom stereocenters. The first-order valence-electron chi connectivity index (χ1n) is 5.23. The summed E-state index contributed by atoms with van der Waals surface area (Å²) in [4.78, 5) is 31.3. The molecule has 0 bridgehead atoms. The molecule has 0 saturated heterocycles. The molecule has 1 amide bonds. The van der Waals surface area contributed by atoms with E-state index in [2.05, 4.69) is 20.0 Å². The molecule has 1 aromatic rings. The number of hydrogen-bond donors (Lipinski definition) is 1. The van der Waals surface area contributed by atoms with Gasteiger partial charge in [0, 0.05) is 0 Å². The van der Waals surface area contributed by atoms with Crippen LogP contribution in [0, 0.1) is 13.8 Å². The number of methoxy groups -OCH3 is 1. The van der Waals surface area contributed by atoms with E-state index < -0.39 is 5.97 Å². The number of rotatable bonds is 4. The van der Waals surface area contributed by atoms with Gasteiger partial charge in [-0.15, -0.1) is 11.8 Å². The Bertz CT molecular complexity index is 477. The number of carbonyl (C=O) groups is 2. The second-order valence-corrected chi connectivity index (χ2v) is 4.29. The largest absolute Gasteiger partial charge is 0.468 e. The van der Waals surface area contributed by atoms with Gasteiger partial charge < -0.3 is 10.1 Å². The zero-order valence-corrected chi connectivity index (χ0v) is 11.6. The van der Waals surface area contributed by atoms with Gasteiger partial charge in [-0.25, -0.2) is 9.97 Å². The molecule has 0 aliphatic carbocycles. The lowest BCUT2D eigenvalue weighted by atomic mass is 10.2. The Labute approximate surface area is 110 Å². The van der Waals surface area contributed by atoms with E-state index in [9.17, 15) is 9.59 Å². The third-order valence-corrected chi connectivity index (χ3v) is 2.89. The maximum absolute atomic E-state index is 12.0. The van der Waals surface area contributed by atoms with E-state index >= 15 is 0 Å². The third-order valence-electron chi connectivity index (χ3n) is 2.21. The van der Waals surface area contributed by atoms with Gasteiger partial charge in [0.15, 0.2) is 0 Å². The Morgan fingerprint density at radius 3 is 2.56 bits per heavy atom. The van der Waals surface area contributed by atoms with Crippen molar-refractivity contribution in [3.63, 3.8) is 0 Å². The molecule has 0 fully saturated rings. The molecule has 18 heavy (non-hydrogen) atoms. The summed E-state index contributed by atoms with van der Waals surface area (Å²) < 4.78 is 4.45. The van der Waals surface area contributed by atoms with Crippen molar-refractivity contribution in [3.8, 4) is 0 Å². The molecule has 1 N–H and O–H groups in total. The number of nitrogens with zero attached hydrogens (tertiary/aromatic N) is 2. The van der Waals surface area contributed by atoms with Gasteiger partial charge in [0.25, 0.3) is 5.91 Å². The number of aryl methyl sites for hydroxylation is 2. The van der Waals surface area contributed by atoms with E-state index in [4.69, 9.17) is 0 Å². The van der Waals surface area contributed by atoms with Gasteiger partial charge in [-0.2, -0.15) is 0 Å². The molecule has 0 aromatic carbocycles. The molecule has 0 atom stereocenters. The molecule has 0 radical (unpaired) electrons. The summed E-state index contributed by atoms with van der Waals surface area (Å²) in [5.74, 6) is -0.261. The van der Waals surface area contributed by atoms with E-state index in [-0.39, 0.29) is 12.5 Å². The van der Waals surface area contributed by atoms with Gasteiger partial charge in [0.2, 0.25) is 0 Å². The summed E-state index contributed by atoms with van der Waals surface area (Å²) in [6, 6.07) is 0. The minimum absolute atomic E-state index is 0.170. The van der Waals surface area contributed by atoms with E-state index in [1.54, 1.807) is 13.8 Å². The molecule has 6 nitrogen and oxygen atoms in total. The molecule has 0 spiro atoms. The second-order valence-electron chi connectivity index (χ2n) is 3.50. The highest BCUT2D eigenvalue weighted by Crippen LogP contribution is 2.20. The number of hydrogen-bond acceptors (Lipinski definition) is 6. The second kappa shape index (κ2) is 6.34. The fourth-order valence-electron chi connectivity index (χ4n) is 1.40. The highest BCUT2D eigenvalue weighted by Gasteiger charge is 2.17. The van der Waals surface area contributed by atoms with Crippen molar-refractivity contribution in [3.05, 3.63) is 17.1 Å². The van der Waals surface area contributed by atoms with Crippen LogP contribution in [0.3, 0.4) is 0 Å². The highest BCUT2D eigenvalue weighted by atomic mass is 32.2. The van der Waals surface area contributed by atoms with Gasteiger partial charge in [-0.3, -0.25) is 9.59 Å². The van der Waals surface area contributed by atoms with Crippen LogP contribution in [-0.2, 0) is 9.53 Å².